The molecule has 1 aromatic rings. The van der Waals surface area contributed by atoms with Gasteiger partial charge < -0.3 is 40.8 Å². The zero-order valence-corrected chi connectivity index (χ0v) is 36.9. The maximum atomic E-state index is 14.4. The lowest BCUT2D eigenvalue weighted by Gasteiger charge is -2.50. The van der Waals surface area contributed by atoms with Gasteiger partial charge in [-0.2, -0.15) is 5.06 Å². The van der Waals surface area contributed by atoms with Crippen molar-refractivity contribution >= 4 is 29.9 Å². The molecule has 0 aromatic heterocycles. The molecule has 326 valence electrons. The second kappa shape index (κ2) is 21.2. The average molecular weight is 813 g/mol. The van der Waals surface area contributed by atoms with Crippen LogP contribution in [0.4, 0.5) is 9.59 Å². The number of ether oxygens (including phenoxy) is 2. The molecule has 1 aromatic carbocycles. The number of benzene rings is 1. The molecule has 2 fully saturated rings. The maximum Gasteiger partial charge on any atom is 0.408 e. The van der Waals surface area contributed by atoms with Gasteiger partial charge in [0, 0.05) is 43.1 Å². The van der Waals surface area contributed by atoms with Crippen molar-refractivity contribution in [2.75, 3.05) is 13.1 Å². The van der Waals surface area contributed by atoms with Crippen LogP contribution in [0.15, 0.2) is 42.5 Å². The number of carbonyl (C=O) groups excluding carboxylic acids is 5. The van der Waals surface area contributed by atoms with Gasteiger partial charge in [0.15, 0.2) is 0 Å². The Hall–Kier alpha value is -4.17. The fourth-order valence-electron chi connectivity index (χ4n) is 7.92. The maximum absolute atomic E-state index is 14.4. The van der Waals surface area contributed by atoms with E-state index in [2.05, 4.69) is 35.1 Å². The Morgan fingerprint density at radius 3 is 2.14 bits per heavy atom. The summed E-state index contributed by atoms with van der Waals surface area (Å²) in [6.45, 7) is 21.4. The number of alkyl carbamates (subject to hydrolysis) is 2. The van der Waals surface area contributed by atoms with Crippen LogP contribution < -0.4 is 21.3 Å². The first-order chi connectivity index (χ1) is 27.0. The summed E-state index contributed by atoms with van der Waals surface area (Å²) >= 11 is 0. The highest BCUT2D eigenvalue weighted by molar-refractivity contribution is 5.93. The van der Waals surface area contributed by atoms with Crippen LogP contribution in [0.2, 0.25) is 0 Å². The lowest BCUT2D eigenvalue weighted by atomic mass is 9.80. The van der Waals surface area contributed by atoms with Crippen LogP contribution in [0.25, 0.3) is 0 Å². The molecule has 0 aliphatic carbocycles. The van der Waals surface area contributed by atoms with E-state index < -0.39 is 52.8 Å². The van der Waals surface area contributed by atoms with E-state index in [1.165, 1.54) is 5.06 Å². The van der Waals surface area contributed by atoms with Crippen LogP contribution in [-0.2, 0) is 30.3 Å². The topological polar surface area (TPSA) is 179 Å². The molecule has 58 heavy (non-hydrogen) atoms. The van der Waals surface area contributed by atoms with Crippen LogP contribution >= 0.6 is 0 Å². The number of rotatable bonds is 17. The van der Waals surface area contributed by atoms with Gasteiger partial charge in [-0.1, -0.05) is 56.3 Å². The van der Waals surface area contributed by atoms with E-state index in [9.17, 15) is 29.2 Å². The quantitative estimate of drug-likeness (QED) is 0.0898. The summed E-state index contributed by atoms with van der Waals surface area (Å²) in [7, 11) is 0. The van der Waals surface area contributed by atoms with Gasteiger partial charge in [0.2, 0.25) is 17.7 Å². The smallest absolute Gasteiger partial charge is 0.408 e. The van der Waals surface area contributed by atoms with Gasteiger partial charge in [0.05, 0.1) is 12.0 Å². The number of likely N-dealkylation sites (tertiary alicyclic amines) is 1. The van der Waals surface area contributed by atoms with Crippen molar-refractivity contribution in [2.24, 2.45) is 11.8 Å². The van der Waals surface area contributed by atoms with E-state index in [-0.39, 0.29) is 48.9 Å². The highest BCUT2D eigenvalue weighted by Gasteiger charge is 2.46. The number of carbonyl (C=O) groups is 5. The highest BCUT2D eigenvalue weighted by atomic mass is 16.6. The van der Waals surface area contributed by atoms with Crippen LogP contribution in [0.5, 0.6) is 0 Å². The van der Waals surface area contributed by atoms with Crippen molar-refractivity contribution < 1.29 is 38.7 Å². The van der Waals surface area contributed by atoms with E-state index in [4.69, 9.17) is 9.47 Å². The van der Waals surface area contributed by atoms with Crippen LogP contribution in [0.1, 0.15) is 127 Å². The molecule has 0 spiro atoms. The SMILES string of the molecule is CC(C)CC(/C=C/C(Cc1ccccc1)C(=O)N1CCC[C@H]1C(=O)NC(CCCNC(=O)OC1CC(C)(C)N(O)C(C)(C)C1)C(=O)NC(C)C)NC(=O)OC(C)(C)C. The molecule has 14 heteroatoms. The fourth-order valence-corrected chi connectivity index (χ4v) is 7.92. The molecule has 14 nitrogen and oxygen atoms in total. The summed E-state index contributed by atoms with van der Waals surface area (Å²) in [5.41, 5.74) is -0.851. The van der Waals surface area contributed by atoms with Crippen LogP contribution in [0.3, 0.4) is 0 Å². The Labute approximate surface area is 346 Å². The van der Waals surface area contributed by atoms with Gasteiger partial charge in [-0.05, 0) is 112 Å². The third kappa shape index (κ3) is 15.5. The summed E-state index contributed by atoms with van der Waals surface area (Å²) in [5.74, 6) is -1.33. The Bertz CT molecular complexity index is 1540. The molecule has 2 aliphatic heterocycles. The zero-order chi connectivity index (χ0) is 43.4. The largest absolute Gasteiger partial charge is 0.446 e. The predicted octanol–water partition coefficient (Wildman–Crippen LogP) is 6.26. The number of hydroxylamine groups is 2. The van der Waals surface area contributed by atoms with E-state index in [0.717, 1.165) is 5.56 Å². The van der Waals surface area contributed by atoms with E-state index in [1.54, 1.807) is 25.7 Å². The van der Waals surface area contributed by atoms with Crippen molar-refractivity contribution in [3.8, 4) is 0 Å². The standard InChI is InChI=1S/C44H72N6O8/c1-29(2)25-33(47-41(55)58-42(5,6)7)22-21-32(26-31-17-13-12-14-18-31)39(53)49-24-16-20-36(49)38(52)48-35(37(51)46-30(3)4)19-15-23-45-40(54)57-34-27-43(8,9)50(56)44(10,11)28-34/h12-14,17-18,21-22,29-30,32-36,56H,15-16,19-20,23-28H2,1-11H3,(H,45,54)(H,46,51)(H,47,55)(H,48,52)/b22-21+/t32?,33?,35?,36-/m0/s1. The highest BCUT2D eigenvalue weighted by Crippen LogP contribution is 2.38. The normalized spacial score (nSPS) is 20.0. The molecule has 0 radical (unpaired) electrons. The summed E-state index contributed by atoms with van der Waals surface area (Å²) < 4.78 is 11.2. The van der Waals surface area contributed by atoms with Crippen molar-refractivity contribution in [2.45, 2.75) is 174 Å². The summed E-state index contributed by atoms with van der Waals surface area (Å²) in [6, 6.07) is 7.46. The Kier molecular flexibility index (Phi) is 17.6. The number of nitrogens with zero attached hydrogens (tertiary/aromatic N) is 2. The Balaban J connectivity index is 1.71. The fraction of sp³-hybridized carbons (Fsp3) is 0.705. The molecule has 3 unspecified atom stereocenters. The number of hydrogen-bond acceptors (Lipinski definition) is 9. The minimum absolute atomic E-state index is 0.168. The van der Waals surface area contributed by atoms with Gasteiger partial charge in [0.1, 0.15) is 23.8 Å². The molecular formula is C44H72N6O8. The lowest BCUT2D eigenvalue weighted by molar-refractivity contribution is -0.256. The molecule has 0 bridgehead atoms. The molecule has 2 saturated heterocycles. The third-order valence-electron chi connectivity index (χ3n) is 10.3. The van der Waals surface area contributed by atoms with Crippen molar-refractivity contribution in [1.29, 1.82) is 0 Å². The van der Waals surface area contributed by atoms with Gasteiger partial charge in [-0.15, -0.1) is 0 Å². The van der Waals surface area contributed by atoms with Crippen molar-refractivity contribution in [1.82, 2.24) is 31.2 Å². The first-order valence-electron chi connectivity index (χ1n) is 21.0. The lowest BCUT2D eigenvalue weighted by Crippen LogP contribution is -2.60. The minimum Gasteiger partial charge on any atom is -0.446 e. The predicted molar refractivity (Wildman–Crippen MR) is 224 cm³/mol. The molecule has 3 rings (SSSR count). The van der Waals surface area contributed by atoms with Gasteiger partial charge >= 0.3 is 12.2 Å². The third-order valence-corrected chi connectivity index (χ3v) is 10.3. The monoisotopic (exact) mass is 813 g/mol. The van der Waals surface area contributed by atoms with Crippen molar-refractivity contribution in [3.05, 3.63) is 48.0 Å². The molecule has 4 atom stereocenters. The molecule has 5 N–H and O–H groups in total. The van der Waals surface area contributed by atoms with Gasteiger partial charge in [-0.3, -0.25) is 14.4 Å². The average Bonchev–Trinajstić information content (AvgIpc) is 3.59. The summed E-state index contributed by atoms with van der Waals surface area (Å²) in [4.78, 5) is 68.9. The molecule has 5 amide bonds. The first-order valence-corrected chi connectivity index (χ1v) is 21.0. The minimum atomic E-state index is -0.892. The number of hydrogen-bond donors (Lipinski definition) is 5. The molecular weight excluding hydrogens is 741 g/mol. The van der Waals surface area contributed by atoms with E-state index in [1.807, 2.05) is 84.0 Å². The van der Waals surface area contributed by atoms with E-state index in [0.29, 0.717) is 51.5 Å². The molecule has 0 saturated carbocycles. The van der Waals surface area contributed by atoms with Gasteiger partial charge in [0.25, 0.3) is 0 Å². The van der Waals surface area contributed by atoms with Crippen LogP contribution in [-0.4, -0.2) is 105 Å². The first kappa shape index (κ1) is 48.2. The second-order valence-corrected chi connectivity index (χ2v) is 18.9. The molecule has 2 heterocycles. The molecule has 2 aliphatic rings. The second-order valence-electron chi connectivity index (χ2n) is 18.9. The number of nitrogens with one attached hydrogen (secondary N) is 4. The van der Waals surface area contributed by atoms with E-state index >= 15 is 0 Å². The summed E-state index contributed by atoms with van der Waals surface area (Å²) in [6.07, 6.45) is 5.86. The number of amides is 5. The summed E-state index contributed by atoms with van der Waals surface area (Å²) in [5, 5.41) is 23.4. The van der Waals surface area contributed by atoms with Gasteiger partial charge in [-0.25, -0.2) is 9.59 Å². The van der Waals surface area contributed by atoms with Crippen molar-refractivity contribution in [3.63, 3.8) is 0 Å². The number of piperidine rings is 1. The Morgan fingerprint density at radius 2 is 1.55 bits per heavy atom. The van der Waals surface area contributed by atoms with Crippen LogP contribution in [0, 0.1) is 11.8 Å². The Morgan fingerprint density at radius 1 is 0.914 bits per heavy atom. The zero-order valence-electron chi connectivity index (χ0n) is 36.9.